The number of fused-ring (bicyclic) bond motifs is 2. The fraction of sp³-hybridized carbons (Fsp3) is 0.207. The first-order chi connectivity index (χ1) is 17.3. The van der Waals surface area contributed by atoms with Gasteiger partial charge in [0.2, 0.25) is 5.76 Å². The number of hydrogen-bond donors (Lipinski definition) is 0. The Morgan fingerprint density at radius 1 is 1.06 bits per heavy atom. The quantitative estimate of drug-likeness (QED) is 0.341. The summed E-state index contributed by atoms with van der Waals surface area (Å²) in [5.41, 5.74) is 3.79. The first kappa shape index (κ1) is 23.4. The van der Waals surface area contributed by atoms with Crippen LogP contribution in [0.1, 0.15) is 44.5 Å². The lowest BCUT2D eigenvalue weighted by atomic mass is 9.97. The van der Waals surface area contributed by atoms with Crippen molar-refractivity contribution in [2.75, 3.05) is 18.6 Å². The van der Waals surface area contributed by atoms with E-state index in [1.807, 2.05) is 45.0 Å². The molecule has 0 N–H and O–H groups in total. The van der Waals surface area contributed by atoms with Gasteiger partial charge in [-0.1, -0.05) is 24.8 Å². The summed E-state index contributed by atoms with van der Waals surface area (Å²) in [7, 11) is 1.54. The van der Waals surface area contributed by atoms with Crippen LogP contribution in [0.2, 0.25) is 0 Å². The Bertz CT molecular complexity index is 1590. The zero-order valence-electron chi connectivity index (χ0n) is 20.6. The van der Waals surface area contributed by atoms with Crippen LogP contribution in [-0.2, 0) is 0 Å². The number of pyridine rings is 1. The van der Waals surface area contributed by atoms with Gasteiger partial charge in [0, 0.05) is 5.69 Å². The molecule has 0 fully saturated rings. The Morgan fingerprint density at radius 2 is 1.83 bits per heavy atom. The molecule has 1 aliphatic rings. The van der Waals surface area contributed by atoms with E-state index in [0.717, 1.165) is 16.8 Å². The van der Waals surface area contributed by atoms with Crippen molar-refractivity contribution in [1.29, 1.82) is 0 Å². The number of amides is 1. The number of aryl methyl sites for hydroxylation is 3. The lowest BCUT2D eigenvalue weighted by molar-refractivity contribution is 0.0970. The van der Waals surface area contributed by atoms with E-state index in [4.69, 9.17) is 13.9 Å². The SMILES string of the molecule is C=CCOc1ccc(C2c3c(oc4cc(C)c(C)cc4c3=O)C(=O)N2c2cccc(C)n2)cc1OC. The van der Waals surface area contributed by atoms with Crippen LogP contribution in [0.4, 0.5) is 5.82 Å². The Labute approximate surface area is 208 Å². The third-order valence-corrected chi connectivity index (χ3v) is 6.47. The van der Waals surface area contributed by atoms with Crippen LogP contribution in [0.5, 0.6) is 11.5 Å². The highest BCUT2D eigenvalue weighted by Crippen LogP contribution is 2.43. The van der Waals surface area contributed by atoms with Gasteiger partial charge in [-0.15, -0.1) is 0 Å². The van der Waals surface area contributed by atoms with E-state index < -0.39 is 11.9 Å². The lowest BCUT2D eigenvalue weighted by Gasteiger charge is -2.25. The van der Waals surface area contributed by atoms with Gasteiger partial charge in [-0.25, -0.2) is 4.98 Å². The van der Waals surface area contributed by atoms with Gasteiger partial charge >= 0.3 is 0 Å². The highest BCUT2D eigenvalue weighted by molar-refractivity contribution is 6.10. The van der Waals surface area contributed by atoms with Crippen molar-refractivity contribution in [2.45, 2.75) is 26.8 Å². The van der Waals surface area contributed by atoms with Gasteiger partial charge in [0.25, 0.3) is 5.91 Å². The van der Waals surface area contributed by atoms with Crippen molar-refractivity contribution < 1.29 is 18.7 Å². The van der Waals surface area contributed by atoms with Crippen molar-refractivity contribution in [1.82, 2.24) is 4.98 Å². The average Bonchev–Trinajstić information content (AvgIpc) is 3.16. The van der Waals surface area contributed by atoms with Gasteiger partial charge < -0.3 is 13.9 Å². The van der Waals surface area contributed by atoms with Gasteiger partial charge in [-0.05, 0) is 73.9 Å². The van der Waals surface area contributed by atoms with Gasteiger partial charge in [0.15, 0.2) is 16.9 Å². The van der Waals surface area contributed by atoms with Crippen molar-refractivity contribution in [3.8, 4) is 11.5 Å². The summed E-state index contributed by atoms with van der Waals surface area (Å²) in [6.07, 6.45) is 1.64. The minimum Gasteiger partial charge on any atom is -0.493 e. The monoisotopic (exact) mass is 482 g/mol. The van der Waals surface area contributed by atoms with Crippen LogP contribution in [0, 0.1) is 20.8 Å². The number of nitrogens with zero attached hydrogens (tertiary/aromatic N) is 2. The van der Waals surface area contributed by atoms with Gasteiger partial charge in [0.1, 0.15) is 18.0 Å². The van der Waals surface area contributed by atoms with Crippen molar-refractivity contribution in [3.63, 3.8) is 0 Å². The largest absolute Gasteiger partial charge is 0.493 e. The Morgan fingerprint density at radius 3 is 2.56 bits per heavy atom. The molecule has 0 radical (unpaired) electrons. The third kappa shape index (κ3) is 3.73. The standard InChI is InChI=1S/C29H26N2O5/c1-6-12-35-21-11-10-19(15-23(21)34-5)26-25-27(32)20-13-16(2)17(3)14-22(20)36-28(25)29(33)31(26)24-9-7-8-18(4)30-24/h6-11,13-15,26H,1,12H2,2-5H3. The normalized spacial score (nSPS) is 14.7. The molecular formula is C29H26N2O5. The number of aromatic nitrogens is 1. The number of hydrogen-bond acceptors (Lipinski definition) is 6. The highest BCUT2D eigenvalue weighted by Gasteiger charge is 2.44. The molecule has 0 bridgehead atoms. The van der Waals surface area contributed by atoms with Crippen LogP contribution < -0.4 is 19.8 Å². The summed E-state index contributed by atoms with van der Waals surface area (Å²) < 4.78 is 17.4. The molecule has 0 aliphatic carbocycles. The van der Waals surface area contributed by atoms with Gasteiger partial charge in [-0.3, -0.25) is 14.5 Å². The number of carbonyl (C=O) groups excluding carboxylic acids is 1. The number of methoxy groups -OCH3 is 1. The first-order valence-electron chi connectivity index (χ1n) is 11.6. The van der Waals surface area contributed by atoms with Gasteiger partial charge in [0.05, 0.1) is 24.1 Å². The number of rotatable bonds is 6. The summed E-state index contributed by atoms with van der Waals surface area (Å²) in [5, 5.41) is 0.437. The topological polar surface area (TPSA) is 81.9 Å². The average molecular weight is 483 g/mol. The molecule has 1 unspecified atom stereocenters. The molecule has 1 atom stereocenters. The van der Waals surface area contributed by atoms with Gasteiger partial charge in [-0.2, -0.15) is 0 Å². The molecule has 2 aromatic carbocycles. The molecule has 36 heavy (non-hydrogen) atoms. The summed E-state index contributed by atoms with van der Waals surface area (Å²) in [4.78, 5) is 33.8. The second-order valence-electron chi connectivity index (χ2n) is 8.83. The first-order valence-corrected chi connectivity index (χ1v) is 11.6. The maximum atomic E-state index is 13.9. The summed E-state index contributed by atoms with van der Waals surface area (Å²) in [6, 6.07) is 13.7. The zero-order chi connectivity index (χ0) is 25.6. The maximum absolute atomic E-state index is 13.9. The third-order valence-electron chi connectivity index (χ3n) is 6.47. The van der Waals surface area contributed by atoms with E-state index in [1.165, 1.54) is 4.90 Å². The van der Waals surface area contributed by atoms with Crippen LogP contribution in [0.3, 0.4) is 0 Å². The van der Waals surface area contributed by atoms with Crippen LogP contribution in [0.15, 0.2) is 70.4 Å². The van der Waals surface area contributed by atoms with E-state index >= 15 is 0 Å². The number of ether oxygens (including phenoxy) is 2. The number of anilines is 1. The molecule has 1 aliphatic heterocycles. The maximum Gasteiger partial charge on any atom is 0.296 e. The summed E-state index contributed by atoms with van der Waals surface area (Å²) in [6.45, 7) is 9.73. The lowest BCUT2D eigenvalue weighted by Crippen LogP contribution is -2.30. The van der Waals surface area contributed by atoms with Crippen molar-refractivity contribution in [2.24, 2.45) is 0 Å². The van der Waals surface area contributed by atoms with E-state index in [9.17, 15) is 9.59 Å². The summed E-state index contributed by atoms with van der Waals surface area (Å²) in [5.74, 6) is 1.04. The van der Waals surface area contributed by atoms with Crippen LogP contribution in [-0.4, -0.2) is 24.6 Å². The predicted octanol–water partition coefficient (Wildman–Crippen LogP) is 5.44. The number of carbonyl (C=O) groups is 1. The Kier molecular flexibility index (Phi) is 5.84. The van der Waals surface area contributed by atoms with Crippen LogP contribution in [0.25, 0.3) is 11.0 Å². The van der Waals surface area contributed by atoms with E-state index in [1.54, 1.807) is 37.5 Å². The molecule has 3 heterocycles. The molecule has 182 valence electrons. The molecule has 7 nitrogen and oxygen atoms in total. The van der Waals surface area contributed by atoms with Crippen molar-refractivity contribution >= 4 is 22.7 Å². The molecule has 0 spiro atoms. The molecular weight excluding hydrogens is 456 g/mol. The molecule has 1 amide bonds. The fourth-order valence-electron chi connectivity index (χ4n) is 4.56. The smallest absolute Gasteiger partial charge is 0.296 e. The van der Waals surface area contributed by atoms with E-state index in [-0.39, 0.29) is 16.8 Å². The predicted molar refractivity (Wildman–Crippen MR) is 138 cm³/mol. The second-order valence-corrected chi connectivity index (χ2v) is 8.83. The molecule has 5 rings (SSSR count). The van der Waals surface area contributed by atoms with E-state index in [2.05, 4.69) is 11.6 Å². The second kappa shape index (κ2) is 9.00. The zero-order valence-corrected chi connectivity index (χ0v) is 20.6. The Hall–Kier alpha value is -4.39. The number of benzene rings is 2. The minimum absolute atomic E-state index is 0.0232. The van der Waals surface area contributed by atoms with E-state index in [0.29, 0.717) is 40.5 Å². The molecule has 4 aromatic rings. The molecule has 0 saturated heterocycles. The fourth-order valence-corrected chi connectivity index (χ4v) is 4.56. The van der Waals surface area contributed by atoms with Crippen LogP contribution >= 0.6 is 0 Å². The van der Waals surface area contributed by atoms with Crippen molar-refractivity contribution in [3.05, 3.63) is 105 Å². The molecule has 0 saturated carbocycles. The molecule has 7 heteroatoms. The summed E-state index contributed by atoms with van der Waals surface area (Å²) >= 11 is 0. The molecule has 2 aromatic heterocycles. The highest BCUT2D eigenvalue weighted by atomic mass is 16.5. The Balaban J connectivity index is 1.78. The minimum atomic E-state index is -0.758.